The van der Waals surface area contributed by atoms with Crippen LogP contribution in [-0.4, -0.2) is 33.0 Å². The highest BCUT2D eigenvalue weighted by Crippen LogP contribution is 2.18. The lowest BCUT2D eigenvalue weighted by Crippen LogP contribution is -2.30. The molecule has 0 aliphatic heterocycles. The van der Waals surface area contributed by atoms with Gasteiger partial charge < -0.3 is 9.42 Å². The number of hydrogen-bond acceptors (Lipinski definition) is 5. The van der Waals surface area contributed by atoms with Crippen molar-refractivity contribution in [3.63, 3.8) is 0 Å². The standard InChI is InChI=1S/C13H16N4O2/c1-4-12-14-7-10(8-15-12)13(18)17(3)9(2)11-5-6-19-16-11/h5-9H,4H2,1-3H3/t9-/m0/s1. The van der Waals surface area contributed by atoms with Crippen LogP contribution in [0.15, 0.2) is 29.2 Å². The summed E-state index contributed by atoms with van der Waals surface area (Å²) in [5, 5.41) is 3.84. The second-order valence-electron chi connectivity index (χ2n) is 4.26. The van der Waals surface area contributed by atoms with Gasteiger partial charge in [-0.2, -0.15) is 0 Å². The second kappa shape index (κ2) is 5.60. The fourth-order valence-corrected chi connectivity index (χ4v) is 1.66. The molecule has 19 heavy (non-hydrogen) atoms. The van der Waals surface area contributed by atoms with Gasteiger partial charge in [0.1, 0.15) is 17.8 Å². The lowest BCUT2D eigenvalue weighted by molar-refractivity contribution is 0.0736. The van der Waals surface area contributed by atoms with Gasteiger partial charge in [-0.15, -0.1) is 0 Å². The minimum atomic E-state index is -0.169. The Bertz CT molecular complexity index is 536. The molecular weight excluding hydrogens is 244 g/mol. The van der Waals surface area contributed by atoms with Gasteiger partial charge in [-0.05, 0) is 6.92 Å². The monoisotopic (exact) mass is 260 g/mol. The lowest BCUT2D eigenvalue weighted by atomic mass is 10.2. The Balaban J connectivity index is 2.14. The molecule has 0 saturated heterocycles. The summed E-state index contributed by atoms with van der Waals surface area (Å²) in [6, 6.07) is 1.57. The first kappa shape index (κ1) is 13.2. The maximum atomic E-state index is 12.3. The molecule has 100 valence electrons. The van der Waals surface area contributed by atoms with E-state index in [1.165, 1.54) is 6.26 Å². The quantitative estimate of drug-likeness (QED) is 0.839. The summed E-state index contributed by atoms with van der Waals surface area (Å²) >= 11 is 0. The Morgan fingerprint density at radius 1 is 1.42 bits per heavy atom. The molecule has 0 unspecified atom stereocenters. The van der Waals surface area contributed by atoms with E-state index in [-0.39, 0.29) is 11.9 Å². The summed E-state index contributed by atoms with van der Waals surface area (Å²) in [5.41, 5.74) is 1.18. The van der Waals surface area contributed by atoms with Crippen LogP contribution in [-0.2, 0) is 6.42 Å². The third-order valence-electron chi connectivity index (χ3n) is 3.06. The van der Waals surface area contributed by atoms with Gasteiger partial charge >= 0.3 is 0 Å². The van der Waals surface area contributed by atoms with Crippen LogP contribution < -0.4 is 0 Å². The van der Waals surface area contributed by atoms with Crippen molar-refractivity contribution in [3.8, 4) is 0 Å². The Labute approximate surface area is 111 Å². The Morgan fingerprint density at radius 3 is 2.63 bits per heavy atom. The summed E-state index contributed by atoms with van der Waals surface area (Å²) in [6.07, 6.45) is 5.35. The number of carbonyl (C=O) groups excluding carboxylic acids is 1. The van der Waals surface area contributed by atoms with Crippen LogP contribution in [0.1, 0.15) is 41.8 Å². The van der Waals surface area contributed by atoms with Crippen LogP contribution in [0.3, 0.4) is 0 Å². The van der Waals surface area contributed by atoms with Crippen molar-refractivity contribution in [3.05, 3.63) is 41.8 Å². The zero-order valence-electron chi connectivity index (χ0n) is 11.2. The third kappa shape index (κ3) is 2.78. The van der Waals surface area contributed by atoms with E-state index in [9.17, 15) is 4.79 Å². The van der Waals surface area contributed by atoms with E-state index in [2.05, 4.69) is 15.1 Å². The zero-order chi connectivity index (χ0) is 13.8. The molecule has 0 aliphatic carbocycles. The summed E-state index contributed by atoms with van der Waals surface area (Å²) in [5.74, 6) is 0.585. The van der Waals surface area contributed by atoms with Crippen molar-refractivity contribution in [2.45, 2.75) is 26.3 Å². The van der Waals surface area contributed by atoms with Crippen LogP contribution in [0.25, 0.3) is 0 Å². The number of rotatable bonds is 4. The first-order valence-electron chi connectivity index (χ1n) is 6.11. The highest BCUT2D eigenvalue weighted by Gasteiger charge is 2.21. The van der Waals surface area contributed by atoms with Gasteiger partial charge in [-0.25, -0.2) is 9.97 Å². The summed E-state index contributed by atoms with van der Waals surface area (Å²) in [6.45, 7) is 3.85. The molecule has 2 aromatic heterocycles. The topological polar surface area (TPSA) is 72.1 Å². The van der Waals surface area contributed by atoms with E-state index in [1.54, 1.807) is 30.4 Å². The van der Waals surface area contributed by atoms with E-state index < -0.39 is 0 Å². The molecule has 6 nitrogen and oxygen atoms in total. The maximum Gasteiger partial charge on any atom is 0.257 e. The highest BCUT2D eigenvalue weighted by atomic mass is 16.5. The third-order valence-corrected chi connectivity index (χ3v) is 3.06. The molecule has 0 saturated carbocycles. The molecule has 2 heterocycles. The molecule has 0 spiro atoms. The van der Waals surface area contributed by atoms with E-state index >= 15 is 0 Å². The van der Waals surface area contributed by atoms with Gasteiger partial charge in [-0.3, -0.25) is 4.79 Å². The molecule has 1 atom stereocenters. The van der Waals surface area contributed by atoms with Crippen LogP contribution in [0.5, 0.6) is 0 Å². The molecule has 0 radical (unpaired) electrons. The van der Waals surface area contributed by atoms with Crippen molar-refractivity contribution in [1.29, 1.82) is 0 Å². The second-order valence-corrected chi connectivity index (χ2v) is 4.26. The fraction of sp³-hybridized carbons (Fsp3) is 0.385. The van der Waals surface area contributed by atoms with Crippen molar-refractivity contribution in [2.24, 2.45) is 0 Å². The summed E-state index contributed by atoms with van der Waals surface area (Å²) < 4.78 is 4.79. The predicted octanol–water partition coefficient (Wildman–Crippen LogP) is 1.86. The van der Waals surface area contributed by atoms with Gasteiger partial charge in [0, 0.05) is 31.9 Å². The van der Waals surface area contributed by atoms with Gasteiger partial charge in [-0.1, -0.05) is 12.1 Å². The van der Waals surface area contributed by atoms with E-state index in [0.717, 1.165) is 12.2 Å². The molecule has 0 aromatic carbocycles. The Hall–Kier alpha value is -2.24. The molecule has 0 bridgehead atoms. The molecule has 1 amide bonds. The minimum absolute atomic E-state index is 0.141. The molecule has 0 fully saturated rings. The Kier molecular flexibility index (Phi) is 3.89. The smallest absolute Gasteiger partial charge is 0.257 e. The number of amides is 1. The van der Waals surface area contributed by atoms with Crippen molar-refractivity contribution < 1.29 is 9.32 Å². The van der Waals surface area contributed by atoms with Crippen LogP contribution >= 0.6 is 0 Å². The lowest BCUT2D eigenvalue weighted by Gasteiger charge is -2.22. The van der Waals surface area contributed by atoms with E-state index in [4.69, 9.17) is 4.52 Å². The van der Waals surface area contributed by atoms with Crippen LogP contribution in [0.4, 0.5) is 0 Å². The molecule has 6 heteroatoms. The highest BCUT2D eigenvalue weighted by molar-refractivity contribution is 5.93. The number of aromatic nitrogens is 3. The summed E-state index contributed by atoms with van der Waals surface area (Å²) in [7, 11) is 1.72. The van der Waals surface area contributed by atoms with Crippen molar-refractivity contribution in [1.82, 2.24) is 20.0 Å². The Morgan fingerprint density at radius 2 is 2.11 bits per heavy atom. The number of carbonyl (C=O) groups is 1. The predicted molar refractivity (Wildman–Crippen MR) is 68.4 cm³/mol. The first-order valence-corrected chi connectivity index (χ1v) is 6.11. The van der Waals surface area contributed by atoms with Gasteiger partial charge in [0.15, 0.2) is 0 Å². The average Bonchev–Trinajstić information content (AvgIpc) is 2.99. The van der Waals surface area contributed by atoms with Crippen LogP contribution in [0, 0.1) is 0 Å². The molecule has 2 rings (SSSR count). The maximum absolute atomic E-state index is 12.3. The zero-order valence-corrected chi connectivity index (χ0v) is 11.2. The molecule has 2 aromatic rings. The normalized spacial score (nSPS) is 12.2. The SMILES string of the molecule is CCc1ncc(C(=O)N(C)[C@@H](C)c2ccon2)cn1. The van der Waals surface area contributed by atoms with Gasteiger partial charge in [0.25, 0.3) is 5.91 Å². The molecule has 0 aliphatic rings. The van der Waals surface area contributed by atoms with Gasteiger partial charge in [0.2, 0.25) is 0 Å². The first-order chi connectivity index (χ1) is 9.13. The minimum Gasteiger partial charge on any atom is -0.364 e. The van der Waals surface area contributed by atoms with Crippen molar-refractivity contribution >= 4 is 5.91 Å². The van der Waals surface area contributed by atoms with Crippen molar-refractivity contribution in [2.75, 3.05) is 7.05 Å². The molecule has 0 N–H and O–H groups in total. The molecular formula is C13H16N4O2. The van der Waals surface area contributed by atoms with E-state index in [0.29, 0.717) is 11.3 Å². The largest absolute Gasteiger partial charge is 0.364 e. The summed E-state index contributed by atoms with van der Waals surface area (Å²) in [4.78, 5) is 22.1. The number of nitrogens with zero attached hydrogens (tertiary/aromatic N) is 4. The average molecular weight is 260 g/mol. The van der Waals surface area contributed by atoms with Crippen LogP contribution in [0.2, 0.25) is 0 Å². The van der Waals surface area contributed by atoms with Gasteiger partial charge in [0.05, 0.1) is 11.6 Å². The fourth-order valence-electron chi connectivity index (χ4n) is 1.66. The number of aryl methyl sites for hydroxylation is 1. The van der Waals surface area contributed by atoms with E-state index in [1.807, 2.05) is 13.8 Å². The number of hydrogen-bond donors (Lipinski definition) is 0.